The summed E-state index contributed by atoms with van der Waals surface area (Å²) in [7, 11) is 1.65. The van der Waals surface area contributed by atoms with Crippen molar-refractivity contribution < 1.29 is 9.47 Å². The van der Waals surface area contributed by atoms with Crippen molar-refractivity contribution in [2.45, 2.75) is 32.9 Å². The fourth-order valence-electron chi connectivity index (χ4n) is 1.98. The first-order chi connectivity index (χ1) is 9.63. The van der Waals surface area contributed by atoms with Crippen molar-refractivity contribution in [3.8, 4) is 11.5 Å². The van der Waals surface area contributed by atoms with Crippen molar-refractivity contribution in [1.82, 2.24) is 0 Å². The maximum atomic E-state index is 5.98. The predicted octanol–water partition coefficient (Wildman–Crippen LogP) is 3.92. The van der Waals surface area contributed by atoms with E-state index in [4.69, 9.17) is 15.2 Å². The van der Waals surface area contributed by atoms with Crippen molar-refractivity contribution in [3.63, 3.8) is 0 Å². The molecule has 0 saturated carbocycles. The Hall–Kier alpha value is -1.52. The first-order valence-corrected chi connectivity index (χ1v) is 7.59. The van der Waals surface area contributed by atoms with E-state index in [-0.39, 0.29) is 6.04 Å². The number of hydrogen-bond donors (Lipinski definition) is 1. The zero-order valence-corrected chi connectivity index (χ0v) is 13.0. The van der Waals surface area contributed by atoms with Crippen LogP contribution in [0.2, 0.25) is 0 Å². The maximum absolute atomic E-state index is 5.98. The minimum Gasteiger partial charge on any atom is -0.497 e. The van der Waals surface area contributed by atoms with Crippen LogP contribution in [0.1, 0.15) is 35.2 Å². The molecule has 0 aliphatic carbocycles. The molecule has 2 rings (SSSR count). The van der Waals surface area contributed by atoms with E-state index >= 15 is 0 Å². The Morgan fingerprint density at radius 1 is 1.20 bits per heavy atom. The molecule has 4 heteroatoms. The summed E-state index contributed by atoms with van der Waals surface area (Å²) in [5, 5.41) is 0. The lowest BCUT2D eigenvalue weighted by Gasteiger charge is -2.14. The highest BCUT2D eigenvalue weighted by atomic mass is 32.1. The van der Waals surface area contributed by atoms with Gasteiger partial charge in [0.2, 0.25) is 0 Å². The van der Waals surface area contributed by atoms with Crippen LogP contribution in [0.3, 0.4) is 0 Å². The Kier molecular flexibility index (Phi) is 5.04. The summed E-state index contributed by atoms with van der Waals surface area (Å²) >= 11 is 1.79. The van der Waals surface area contributed by atoms with E-state index in [0.717, 1.165) is 23.5 Å². The monoisotopic (exact) mass is 291 g/mol. The van der Waals surface area contributed by atoms with E-state index in [9.17, 15) is 0 Å². The van der Waals surface area contributed by atoms with E-state index in [2.05, 4.69) is 19.1 Å². The lowest BCUT2D eigenvalue weighted by molar-refractivity contribution is 0.302. The molecule has 0 spiro atoms. The summed E-state index contributed by atoms with van der Waals surface area (Å²) in [5.41, 5.74) is 6.98. The van der Waals surface area contributed by atoms with Crippen LogP contribution >= 0.6 is 11.3 Å². The molecule has 0 amide bonds. The molecule has 1 aromatic heterocycles. The summed E-state index contributed by atoms with van der Waals surface area (Å²) in [6, 6.07) is 9.98. The second-order valence-corrected chi connectivity index (χ2v) is 5.96. The van der Waals surface area contributed by atoms with E-state index < -0.39 is 0 Å². The first-order valence-electron chi connectivity index (χ1n) is 6.78. The minimum atomic E-state index is -0.0644. The lowest BCUT2D eigenvalue weighted by Crippen LogP contribution is -2.08. The summed E-state index contributed by atoms with van der Waals surface area (Å²) in [5.74, 6) is 1.58. The smallest absolute Gasteiger partial charge is 0.128 e. The van der Waals surface area contributed by atoms with Crippen molar-refractivity contribution in [2.24, 2.45) is 5.73 Å². The summed E-state index contributed by atoms with van der Waals surface area (Å²) in [4.78, 5) is 2.60. The Labute approximate surface area is 124 Å². The first kappa shape index (κ1) is 14.9. The van der Waals surface area contributed by atoms with E-state index in [1.165, 1.54) is 9.75 Å². The summed E-state index contributed by atoms with van der Waals surface area (Å²) in [6.07, 6.45) is 1.06. The zero-order valence-electron chi connectivity index (χ0n) is 12.2. The molecule has 1 atom stereocenters. The third-order valence-electron chi connectivity index (χ3n) is 3.15. The van der Waals surface area contributed by atoms with Crippen molar-refractivity contribution >= 4 is 11.3 Å². The van der Waals surface area contributed by atoms with E-state index in [0.29, 0.717) is 6.61 Å². The average Bonchev–Trinajstić information content (AvgIpc) is 2.92. The Morgan fingerprint density at radius 2 is 1.95 bits per heavy atom. The zero-order chi connectivity index (χ0) is 14.5. The second kappa shape index (κ2) is 6.77. The average molecular weight is 291 g/mol. The number of methoxy groups -OCH3 is 1. The molecule has 0 aliphatic rings. The Morgan fingerprint density at radius 3 is 2.55 bits per heavy atom. The van der Waals surface area contributed by atoms with Gasteiger partial charge < -0.3 is 15.2 Å². The van der Waals surface area contributed by atoms with Gasteiger partial charge in [0.05, 0.1) is 7.11 Å². The molecule has 3 nitrogen and oxygen atoms in total. The fraction of sp³-hybridized carbons (Fsp3) is 0.375. The molecule has 0 aliphatic heterocycles. The van der Waals surface area contributed by atoms with Crippen molar-refractivity contribution in [1.29, 1.82) is 0 Å². The largest absolute Gasteiger partial charge is 0.497 e. The molecule has 108 valence electrons. The van der Waals surface area contributed by atoms with Gasteiger partial charge in [0, 0.05) is 27.4 Å². The molecule has 1 aromatic carbocycles. The molecule has 1 unspecified atom stereocenters. The molecule has 0 fully saturated rings. The van der Waals surface area contributed by atoms with Gasteiger partial charge in [-0.3, -0.25) is 0 Å². The number of thiophene rings is 1. The predicted molar refractivity (Wildman–Crippen MR) is 83.6 cm³/mol. The number of aryl methyl sites for hydroxylation is 1. The van der Waals surface area contributed by atoms with Crippen LogP contribution in [-0.2, 0) is 13.0 Å². The molecule has 0 bridgehead atoms. The van der Waals surface area contributed by atoms with Gasteiger partial charge in [-0.05, 0) is 31.5 Å². The standard InChI is InChI=1S/C16H21NO2S/c1-4-13-6-7-14(20-13)10-19-16-9-12(18-3)5-8-15(16)11(2)17/h5-9,11H,4,10,17H2,1-3H3. The van der Waals surface area contributed by atoms with Gasteiger partial charge in [-0.25, -0.2) is 0 Å². The van der Waals surface area contributed by atoms with Gasteiger partial charge >= 0.3 is 0 Å². The van der Waals surface area contributed by atoms with Crippen LogP contribution < -0.4 is 15.2 Å². The molecule has 2 aromatic rings. The fourth-order valence-corrected chi connectivity index (χ4v) is 2.85. The second-order valence-electron chi connectivity index (χ2n) is 4.70. The highest BCUT2D eigenvalue weighted by Crippen LogP contribution is 2.30. The molecule has 0 saturated heterocycles. The van der Waals surface area contributed by atoms with Crippen molar-refractivity contribution in [3.05, 3.63) is 45.6 Å². The molecular formula is C16H21NO2S. The molecule has 20 heavy (non-hydrogen) atoms. The third kappa shape index (κ3) is 3.52. The molecule has 2 N–H and O–H groups in total. The summed E-state index contributed by atoms with van der Waals surface area (Å²) in [6.45, 7) is 4.68. The van der Waals surface area contributed by atoms with Gasteiger partial charge in [-0.2, -0.15) is 0 Å². The molecular weight excluding hydrogens is 270 g/mol. The lowest BCUT2D eigenvalue weighted by atomic mass is 10.1. The number of nitrogens with two attached hydrogens (primary N) is 1. The number of benzene rings is 1. The number of hydrogen-bond acceptors (Lipinski definition) is 4. The minimum absolute atomic E-state index is 0.0644. The van der Waals surface area contributed by atoms with Crippen LogP contribution in [0.4, 0.5) is 0 Å². The van der Waals surface area contributed by atoms with Gasteiger partial charge in [-0.15, -0.1) is 11.3 Å². The SMILES string of the molecule is CCc1ccc(COc2cc(OC)ccc2C(C)N)s1. The van der Waals surface area contributed by atoms with Crippen LogP contribution in [0.15, 0.2) is 30.3 Å². The maximum Gasteiger partial charge on any atom is 0.128 e. The van der Waals surface area contributed by atoms with Gasteiger partial charge in [0.15, 0.2) is 0 Å². The van der Waals surface area contributed by atoms with Crippen LogP contribution in [-0.4, -0.2) is 7.11 Å². The highest BCUT2D eigenvalue weighted by molar-refractivity contribution is 7.11. The molecule has 0 radical (unpaired) electrons. The van der Waals surface area contributed by atoms with Gasteiger partial charge in [0.1, 0.15) is 18.1 Å². The number of rotatable bonds is 6. The van der Waals surface area contributed by atoms with E-state index in [1.807, 2.05) is 25.1 Å². The van der Waals surface area contributed by atoms with Gasteiger partial charge in [-0.1, -0.05) is 13.0 Å². The van der Waals surface area contributed by atoms with E-state index in [1.54, 1.807) is 18.4 Å². The third-order valence-corrected chi connectivity index (χ3v) is 4.35. The quantitative estimate of drug-likeness (QED) is 0.877. The topological polar surface area (TPSA) is 44.5 Å². The molecule has 1 heterocycles. The normalized spacial score (nSPS) is 12.2. The van der Waals surface area contributed by atoms with Crippen LogP contribution in [0, 0.1) is 0 Å². The van der Waals surface area contributed by atoms with Crippen LogP contribution in [0.5, 0.6) is 11.5 Å². The van der Waals surface area contributed by atoms with Crippen LogP contribution in [0.25, 0.3) is 0 Å². The highest BCUT2D eigenvalue weighted by Gasteiger charge is 2.10. The Bertz CT molecular complexity index is 563. The van der Waals surface area contributed by atoms with Gasteiger partial charge in [0.25, 0.3) is 0 Å². The summed E-state index contributed by atoms with van der Waals surface area (Å²) < 4.78 is 11.2. The Balaban J connectivity index is 2.14. The number of ether oxygens (including phenoxy) is 2. The van der Waals surface area contributed by atoms with Crippen molar-refractivity contribution in [2.75, 3.05) is 7.11 Å².